The van der Waals surface area contributed by atoms with Gasteiger partial charge in [0.2, 0.25) is 0 Å². The van der Waals surface area contributed by atoms with Crippen molar-refractivity contribution in [1.82, 2.24) is 14.9 Å². The summed E-state index contributed by atoms with van der Waals surface area (Å²) in [6, 6.07) is -0.0139. The lowest BCUT2D eigenvalue weighted by atomic mass is 10.1. The molecule has 6 heteroatoms. The zero-order valence-electron chi connectivity index (χ0n) is 11.5. The lowest BCUT2D eigenvalue weighted by Gasteiger charge is -2.21. The average molecular weight is 283 g/mol. The van der Waals surface area contributed by atoms with Crippen LogP contribution in [0.4, 0.5) is 0 Å². The van der Waals surface area contributed by atoms with Crippen molar-refractivity contribution in [1.29, 1.82) is 0 Å². The molecule has 0 saturated heterocycles. The molecule has 1 fully saturated rings. The summed E-state index contributed by atoms with van der Waals surface area (Å²) in [5.41, 5.74) is 2.37. The van der Waals surface area contributed by atoms with Gasteiger partial charge in [-0.2, -0.15) is 0 Å². The molecule has 3 rings (SSSR count). The second-order valence-electron chi connectivity index (χ2n) is 5.88. The Labute approximate surface area is 114 Å². The van der Waals surface area contributed by atoms with Crippen molar-refractivity contribution in [2.24, 2.45) is 0 Å². The zero-order chi connectivity index (χ0) is 13.6. The van der Waals surface area contributed by atoms with Gasteiger partial charge in [-0.25, -0.2) is 13.4 Å². The largest absolute Gasteiger partial charge is 0.328 e. The van der Waals surface area contributed by atoms with Crippen LogP contribution in [-0.2, 0) is 22.8 Å². The number of nitrogens with zero attached hydrogens (tertiary/aromatic N) is 2. The van der Waals surface area contributed by atoms with Gasteiger partial charge in [-0.15, -0.1) is 0 Å². The van der Waals surface area contributed by atoms with Crippen LogP contribution in [0.2, 0.25) is 0 Å². The van der Waals surface area contributed by atoms with Gasteiger partial charge in [0.05, 0.1) is 11.4 Å². The third-order valence-electron chi connectivity index (χ3n) is 3.88. The molecule has 5 nitrogen and oxygen atoms in total. The van der Waals surface area contributed by atoms with Crippen molar-refractivity contribution in [2.45, 2.75) is 44.7 Å². The van der Waals surface area contributed by atoms with Crippen molar-refractivity contribution in [2.75, 3.05) is 18.6 Å². The summed E-state index contributed by atoms with van der Waals surface area (Å²) in [6.07, 6.45) is 4.64. The highest BCUT2D eigenvalue weighted by molar-refractivity contribution is 7.90. The van der Waals surface area contributed by atoms with Gasteiger partial charge in [-0.3, -0.25) is 0 Å². The highest BCUT2D eigenvalue weighted by atomic mass is 32.2. The normalized spacial score (nSPS) is 21.2. The Hall–Kier alpha value is -0.880. The predicted octanol–water partition coefficient (Wildman–Crippen LogP) is 1.01. The number of fused-ring (bicyclic) bond motifs is 1. The molecule has 1 saturated carbocycles. The fraction of sp³-hybridized carbons (Fsp3) is 0.769. The number of hydrogen-bond donors (Lipinski definition) is 1. The van der Waals surface area contributed by atoms with Crippen molar-refractivity contribution in [3.8, 4) is 0 Å². The SMILES string of the molecule is CC(CS(C)(=O)=O)n1c(C2CC2)nc2c1CCNC2. The molecule has 0 radical (unpaired) electrons. The van der Waals surface area contributed by atoms with E-state index in [1.54, 1.807) is 0 Å². The topological polar surface area (TPSA) is 64.0 Å². The molecule has 1 atom stereocenters. The van der Waals surface area contributed by atoms with Crippen molar-refractivity contribution >= 4 is 9.84 Å². The van der Waals surface area contributed by atoms with E-state index >= 15 is 0 Å². The molecule has 0 aromatic carbocycles. The standard InChI is InChI=1S/C13H21N3O2S/c1-9(8-19(2,17)18)16-12-5-6-14-7-11(12)15-13(16)10-3-4-10/h9-10,14H,3-8H2,1-2H3. The van der Waals surface area contributed by atoms with E-state index < -0.39 is 9.84 Å². The summed E-state index contributed by atoms with van der Waals surface area (Å²) in [6.45, 7) is 3.76. The van der Waals surface area contributed by atoms with Crippen LogP contribution >= 0.6 is 0 Å². The quantitative estimate of drug-likeness (QED) is 0.896. The molecular formula is C13H21N3O2S. The molecule has 106 valence electrons. The molecule has 2 aliphatic rings. The molecular weight excluding hydrogens is 262 g/mol. The first kappa shape index (κ1) is 13.1. The van der Waals surface area contributed by atoms with Crippen LogP contribution in [0.15, 0.2) is 0 Å². The molecule has 0 bridgehead atoms. The fourth-order valence-corrected chi connectivity index (χ4v) is 4.01. The average Bonchev–Trinajstić information content (AvgIpc) is 3.07. The smallest absolute Gasteiger partial charge is 0.149 e. The van der Waals surface area contributed by atoms with Crippen LogP contribution in [0.25, 0.3) is 0 Å². The van der Waals surface area contributed by atoms with Gasteiger partial charge in [0.15, 0.2) is 0 Å². The maximum absolute atomic E-state index is 11.6. The van der Waals surface area contributed by atoms with E-state index in [-0.39, 0.29) is 11.8 Å². The molecule has 2 heterocycles. The summed E-state index contributed by atoms with van der Waals surface area (Å²) in [5.74, 6) is 1.86. The zero-order valence-corrected chi connectivity index (χ0v) is 12.3. The number of rotatable bonds is 4. The summed E-state index contributed by atoms with van der Waals surface area (Å²) >= 11 is 0. The lowest BCUT2D eigenvalue weighted by Crippen LogP contribution is -2.27. The van der Waals surface area contributed by atoms with Crippen molar-refractivity contribution < 1.29 is 8.42 Å². The number of imidazole rings is 1. The molecule has 1 aromatic heterocycles. The highest BCUT2D eigenvalue weighted by Gasteiger charge is 2.33. The predicted molar refractivity (Wildman–Crippen MR) is 74.0 cm³/mol. The van der Waals surface area contributed by atoms with Gasteiger partial charge in [-0.1, -0.05) is 0 Å². The Balaban J connectivity index is 2.00. The maximum atomic E-state index is 11.6. The lowest BCUT2D eigenvalue weighted by molar-refractivity contribution is 0.517. The second kappa shape index (κ2) is 4.59. The first-order valence-corrected chi connectivity index (χ1v) is 9.00. The monoisotopic (exact) mass is 283 g/mol. The summed E-state index contributed by atoms with van der Waals surface area (Å²) < 4.78 is 25.3. The van der Waals surface area contributed by atoms with Crippen LogP contribution in [0.3, 0.4) is 0 Å². The van der Waals surface area contributed by atoms with Gasteiger partial charge in [0, 0.05) is 43.4 Å². The minimum atomic E-state index is -2.96. The first-order chi connectivity index (χ1) is 8.96. The van der Waals surface area contributed by atoms with Crippen molar-refractivity contribution in [3.05, 3.63) is 17.2 Å². The van der Waals surface area contributed by atoms with E-state index in [0.717, 1.165) is 31.0 Å². The number of nitrogens with one attached hydrogen (secondary N) is 1. The van der Waals surface area contributed by atoms with E-state index in [2.05, 4.69) is 9.88 Å². The van der Waals surface area contributed by atoms with Gasteiger partial charge >= 0.3 is 0 Å². The number of hydrogen-bond acceptors (Lipinski definition) is 4. The fourth-order valence-electron chi connectivity index (χ4n) is 2.99. The van der Waals surface area contributed by atoms with Crippen molar-refractivity contribution in [3.63, 3.8) is 0 Å². The Morgan fingerprint density at radius 2 is 2.21 bits per heavy atom. The minimum absolute atomic E-state index is 0.0139. The molecule has 1 N–H and O–H groups in total. The Kier molecular flexibility index (Phi) is 3.17. The van der Waals surface area contributed by atoms with Crippen LogP contribution in [0.5, 0.6) is 0 Å². The van der Waals surface area contributed by atoms with Gasteiger partial charge in [0.25, 0.3) is 0 Å². The first-order valence-electron chi connectivity index (χ1n) is 6.94. The second-order valence-corrected chi connectivity index (χ2v) is 8.06. The summed E-state index contributed by atoms with van der Waals surface area (Å²) in [5, 5.41) is 3.33. The van der Waals surface area contributed by atoms with Crippen LogP contribution < -0.4 is 5.32 Å². The minimum Gasteiger partial charge on any atom is -0.328 e. The summed E-state index contributed by atoms with van der Waals surface area (Å²) in [4.78, 5) is 4.77. The summed E-state index contributed by atoms with van der Waals surface area (Å²) in [7, 11) is -2.96. The maximum Gasteiger partial charge on any atom is 0.149 e. The molecule has 1 aliphatic carbocycles. The molecule has 1 unspecified atom stereocenters. The Bertz CT molecular complexity index is 587. The number of aromatic nitrogens is 2. The van der Waals surface area contributed by atoms with E-state index in [0.29, 0.717) is 5.92 Å². The molecule has 1 aromatic rings. The number of sulfone groups is 1. The molecule has 1 aliphatic heterocycles. The van der Waals surface area contributed by atoms with E-state index in [1.165, 1.54) is 24.8 Å². The Morgan fingerprint density at radius 1 is 1.47 bits per heavy atom. The van der Waals surface area contributed by atoms with Crippen LogP contribution in [0, 0.1) is 0 Å². The van der Waals surface area contributed by atoms with Gasteiger partial charge < -0.3 is 9.88 Å². The van der Waals surface area contributed by atoms with E-state index in [9.17, 15) is 8.42 Å². The highest BCUT2D eigenvalue weighted by Crippen LogP contribution is 2.41. The molecule has 0 amide bonds. The molecule has 19 heavy (non-hydrogen) atoms. The molecule has 0 spiro atoms. The van der Waals surface area contributed by atoms with E-state index in [1.807, 2.05) is 6.92 Å². The Morgan fingerprint density at radius 3 is 2.84 bits per heavy atom. The van der Waals surface area contributed by atoms with Crippen LogP contribution in [-0.4, -0.2) is 36.5 Å². The van der Waals surface area contributed by atoms with E-state index in [4.69, 9.17) is 4.98 Å². The van der Waals surface area contributed by atoms with Gasteiger partial charge in [0.1, 0.15) is 15.7 Å². The third-order valence-corrected chi connectivity index (χ3v) is 4.97. The van der Waals surface area contributed by atoms with Crippen LogP contribution in [0.1, 0.15) is 48.9 Å². The van der Waals surface area contributed by atoms with Gasteiger partial charge in [-0.05, 0) is 19.8 Å². The third kappa shape index (κ3) is 2.69.